The van der Waals surface area contributed by atoms with Gasteiger partial charge in [0.05, 0.1) is 23.3 Å². The highest BCUT2D eigenvalue weighted by atomic mass is 32.1. The topological polar surface area (TPSA) is 45.4 Å². The molecule has 25 heavy (non-hydrogen) atoms. The second-order valence-electron chi connectivity index (χ2n) is 5.36. The van der Waals surface area contributed by atoms with Crippen LogP contribution in [0.25, 0.3) is 21.5 Å². The van der Waals surface area contributed by atoms with Gasteiger partial charge in [-0.15, -0.1) is 29.3 Å². The van der Waals surface area contributed by atoms with Gasteiger partial charge in [-0.05, 0) is 17.5 Å². The number of hydrogen-bond donors (Lipinski definition) is 1. The van der Waals surface area contributed by atoms with Gasteiger partial charge in [-0.1, -0.05) is 30.3 Å². The SMILES string of the molecule is C=CCN=c1scc(-c2cccs2)n1N=Cc1c[nH]c2ccccc12. The molecule has 0 unspecified atom stereocenters. The van der Waals surface area contributed by atoms with Gasteiger partial charge in [0.2, 0.25) is 4.80 Å². The van der Waals surface area contributed by atoms with Gasteiger partial charge in [0.15, 0.2) is 0 Å². The van der Waals surface area contributed by atoms with Crippen molar-refractivity contribution < 1.29 is 0 Å². The zero-order valence-corrected chi connectivity index (χ0v) is 15.1. The van der Waals surface area contributed by atoms with Crippen LogP contribution in [-0.4, -0.2) is 22.4 Å². The lowest BCUT2D eigenvalue weighted by atomic mass is 10.2. The van der Waals surface area contributed by atoms with Crippen LogP contribution < -0.4 is 4.80 Å². The van der Waals surface area contributed by atoms with Crippen molar-refractivity contribution in [1.82, 2.24) is 9.66 Å². The van der Waals surface area contributed by atoms with Crippen LogP contribution in [0.15, 0.2) is 76.1 Å². The Morgan fingerprint density at radius 2 is 2.08 bits per heavy atom. The van der Waals surface area contributed by atoms with E-state index in [2.05, 4.69) is 45.5 Å². The molecule has 0 amide bonds. The number of hydrogen-bond acceptors (Lipinski definition) is 4. The fraction of sp³-hybridized carbons (Fsp3) is 0.0526. The van der Waals surface area contributed by atoms with E-state index < -0.39 is 0 Å². The molecule has 6 heteroatoms. The zero-order chi connectivity index (χ0) is 17.1. The highest BCUT2D eigenvalue weighted by molar-refractivity contribution is 7.14. The van der Waals surface area contributed by atoms with Crippen molar-refractivity contribution in [3.63, 3.8) is 0 Å². The Bertz CT molecular complexity index is 1090. The van der Waals surface area contributed by atoms with Crippen molar-refractivity contribution >= 4 is 39.8 Å². The average molecular weight is 364 g/mol. The van der Waals surface area contributed by atoms with E-state index >= 15 is 0 Å². The van der Waals surface area contributed by atoms with Gasteiger partial charge in [0.25, 0.3) is 0 Å². The Balaban J connectivity index is 1.80. The number of H-pyrrole nitrogens is 1. The summed E-state index contributed by atoms with van der Waals surface area (Å²) in [5.74, 6) is 0. The number of thiazole rings is 1. The Morgan fingerprint density at radius 1 is 1.16 bits per heavy atom. The summed E-state index contributed by atoms with van der Waals surface area (Å²) < 4.78 is 1.90. The van der Waals surface area contributed by atoms with E-state index in [0.29, 0.717) is 6.54 Å². The van der Waals surface area contributed by atoms with E-state index in [-0.39, 0.29) is 0 Å². The molecule has 124 valence electrons. The van der Waals surface area contributed by atoms with Crippen LogP contribution in [0.2, 0.25) is 0 Å². The maximum absolute atomic E-state index is 4.73. The van der Waals surface area contributed by atoms with Crippen LogP contribution in [0.4, 0.5) is 0 Å². The second kappa shape index (κ2) is 7.04. The number of fused-ring (bicyclic) bond motifs is 1. The first-order chi connectivity index (χ1) is 12.4. The predicted octanol–water partition coefficient (Wildman–Crippen LogP) is 4.73. The van der Waals surface area contributed by atoms with E-state index in [0.717, 1.165) is 27.0 Å². The van der Waals surface area contributed by atoms with Gasteiger partial charge >= 0.3 is 0 Å². The molecule has 1 aromatic carbocycles. The molecule has 0 fully saturated rings. The molecule has 0 atom stereocenters. The van der Waals surface area contributed by atoms with Crippen LogP contribution in [0.1, 0.15) is 5.56 Å². The molecule has 0 radical (unpaired) electrons. The van der Waals surface area contributed by atoms with Crippen molar-refractivity contribution in [2.75, 3.05) is 6.54 Å². The summed E-state index contributed by atoms with van der Waals surface area (Å²) in [7, 11) is 0. The summed E-state index contributed by atoms with van der Waals surface area (Å²) in [5, 5.41) is 10.1. The third-order valence-electron chi connectivity index (χ3n) is 3.75. The minimum Gasteiger partial charge on any atom is -0.361 e. The Labute approximate surface area is 153 Å². The van der Waals surface area contributed by atoms with E-state index in [1.54, 1.807) is 28.7 Å². The van der Waals surface area contributed by atoms with Crippen molar-refractivity contribution in [2.24, 2.45) is 10.1 Å². The maximum Gasteiger partial charge on any atom is 0.206 e. The Kier molecular flexibility index (Phi) is 4.45. The lowest BCUT2D eigenvalue weighted by molar-refractivity contribution is 0.842. The van der Waals surface area contributed by atoms with Crippen molar-refractivity contribution in [2.45, 2.75) is 0 Å². The molecule has 4 aromatic rings. The molecule has 0 aliphatic heterocycles. The number of rotatable bonds is 5. The zero-order valence-electron chi connectivity index (χ0n) is 13.4. The molecule has 0 aliphatic carbocycles. The lowest BCUT2D eigenvalue weighted by Gasteiger charge is -2.00. The van der Waals surface area contributed by atoms with Gasteiger partial charge in [-0.3, -0.25) is 4.99 Å². The van der Waals surface area contributed by atoms with Crippen LogP contribution >= 0.6 is 22.7 Å². The minimum atomic E-state index is 0.576. The van der Waals surface area contributed by atoms with Gasteiger partial charge in [-0.2, -0.15) is 5.10 Å². The van der Waals surface area contributed by atoms with Gasteiger partial charge in [0.1, 0.15) is 0 Å². The smallest absolute Gasteiger partial charge is 0.206 e. The highest BCUT2D eigenvalue weighted by Gasteiger charge is 2.08. The molecule has 1 N–H and O–H groups in total. The Hall–Kier alpha value is -2.70. The van der Waals surface area contributed by atoms with E-state index in [1.807, 2.05) is 35.3 Å². The molecule has 0 aliphatic rings. The monoisotopic (exact) mass is 364 g/mol. The first-order valence-electron chi connectivity index (χ1n) is 7.83. The summed E-state index contributed by atoms with van der Waals surface area (Å²) in [6, 6.07) is 12.4. The highest BCUT2D eigenvalue weighted by Crippen LogP contribution is 2.25. The van der Waals surface area contributed by atoms with E-state index in [1.165, 1.54) is 4.88 Å². The number of benzene rings is 1. The summed E-state index contributed by atoms with van der Waals surface area (Å²) in [6.45, 7) is 4.32. The molecular formula is C19H16N4S2. The first-order valence-corrected chi connectivity index (χ1v) is 9.59. The maximum atomic E-state index is 4.73. The summed E-state index contributed by atoms with van der Waals surface area (Å²) in [6.07, 6.45) is 5.65. The van der Waals surface area contributed by atoms with Crippen LogP contribution in [0.3, 0.4) is 0 Å². The summed E-state index contributed by atoms with van der Waals surface area (Å²) in [5.41, 5.74) is 3.22. The fourth-order valence-corrected chi connectivity index (χ4v) is 4.22. The van der Waals surface area contributed by atoms with Crippen LogP contribution in [-0.2, 0) is 0 Å². The quantitative estimate of drug-likeness (QED) is 0.393. The number of para-hydroxylation sites is 1. The molecule has 0 spiro atoms. The molecular weight excluding hydrogens is 348 g/mol. The summed E-state index contributed by atoms with van der Waals surface area (Å²) >= 11 is 3.29. The number of nitrogens with zero attached hydrogens (tertiary/aromatic N) is 3. The van der Waals surface area contributed by atoms with Crippen LogP contribution in [0, 0.1) is 0 Å². The van der Waals surface area contributed by atoms with Gasteiger partial charge in [0, 0.05) is 28.0 Å². The van der Waals surface area contributed by atoms with E-state index in [9.17, 15) is 0 Å². The molecule has 0 bridgehead atoms. The number of nitrogens with one attached hydrogen (secondary N) is 1. The van der Waals surface area contributed by atoms with Gasteiger partial charge < -0.3 is 4.98 Å². The second-order valence-corrected chi connectivity index (χ2v) is 7.14. The third-order valence-corrected chi connectivity index (χ3v) is 5.49. The standard InChI is InChI=1S/C19H16N4S2/c1-2-9-20-19-23(17(13-25-19)18-8-5-10-24-18)22-12-14-11-21-16-7-4-3-6-15(14)16/h2-8,10-13,21H,1,9H2. The molecule has 0 saturated carbocycles. The predicted molar refractivity (Wildman–Crippen MR) is 108 cm³/mol. The summed E-state index contributed by atoms with van der Waals surface area (Å²) in [4.78, 5) is 9.87. The van der Waals surface area contributed by atoms with Crippen molar-refractivity contribution in [1.29, 1.82) is 0 Å². The molecule has 0 saturated heterocycles. The third kappa shape index (κ3) is 3.14. The largest absolute Gasteiger partial charge is 0.361 e. The lowest BCUT2D eigenvalue weighted by Crippen LogP contribution is -2.12. The molecule has 4 nitrogen and oxygen atoms in total. The minimum absolute atomic E-state index is 0.576. The average Bonchev–Trinajstić information content (AvgIpc) is 3.37. The number of aromatic amines is 1. The number of aromatic nitrogens is 2. The van der Waals surface area contributed by atoms with Crippen molar-refractivity contribution in [3.8, 4) is 10.6 Å². The van der Waals surface area contributed by atoms with E-state index in [4.69, 9.17) is 5.10 Å². The van der Waals surface area contributed by atoms with Crippen LogP contribution in [0.5, 0.6) is 0 Å². The number of thiophene rings is 1. The fourth-order valence-electron chi connectivity index (χ4n) is 2.58. The molecule has 3 heterocycles. The molecule has 4 rings (SSSR count). The van der Waals surface area contributed by atoms with Gasteiger partial charge in [-0.25, -0.2) is 4.68 Å². The van der Waals surface area contributed by atoms with Crippen molar-refractivity contribution in [3.05, 3.63) is 76.4 Å². The first kappa shape index (κ1) is 15.8. The molecule has 3 aromatic heterocycles. The normalized spacial score (nSPS) is 12.4. The Morgan fingerprint density at radius 3 is 2.92 bits per heavy atom.